The number of aliphatic hydroxyl groups is 20. The van der Waals surface area contributed by atoms with Gasteiger partial charge >= 0.3 is 0 Å². The van der Waals surface area contributed by atoms with Crippen LogP contribution in [-0.4, -0.2) is 381 Å². The zero-order valence-electron chi connectivity index (χ0n) is 50.7. The lowest BCUT2D eigenvalue weighted by Crippen LogP contribution is -2.68. The molecule has 0 spiro atoms. The molecule has 23 rings (SSSR count). The molecule has 21 N–H and O–H groups in total. The van der Waals surface area contributed by atoms with E-state index in [0.717, 1.165) is 5.56 Å². The van der Waals surface area contributed by atoms with Gasteiger partial charge in [-0.05, 0) is 16.5 Å². The van der Waals surface area contributed by atoms with Crippen molar-refractivity contribution in [3.63, 3.8) is 0 Å². The molecule has 22 aliphatic rings. The largest absolute Gasteiger partial charge is 0.394 e. The Balaban J connectivity index is 0.930. The number of aliphatic hydroxyl groups excluding tert-OH is 20. The average molecular weight is 1360 g/mol. The smallest absolute Gasteiger partial charge is 0.264 e. The molecular weight excluding hydrogens is 1280 g/mol. The van der Waals surface area contributed by atoms with Crippen molar-refractivity contribution < 1.29 is 178 Å². The second-order valence-electron chi connectivity index (χ2n) is 25.4. The molecule has 0 radical (unpaired) electrons. The summed E-state index contributed by atoms with van der Waals surface area (Å²) in [6, 6.07) is 7.43. The minimum absolute atomic E-state index is 0.0357. The summed E-state index contributed by atoms with van der Waals surface area (Å²) < 4.78 is 81.5. The summed E-state index contributed by atoms with van der Waals surface area (Å²) in [5, 5.41) is 232. The topological polar surface area (TPSA) is 585 Å². The molecule has 1 unspecified atom stereocenters. The Morgan fingerprint density at radius 3 is 0.840 bits per heavy atom. The molecule has 0 saturated carbocycles. The van der Waals surface area contributed by atoms with Gasteiger partial charge in [0.15, 0.2) is 44.0 Å². The summed E-state index contributed by atoms with van der Waals surface area (Å²) in [7, 11) is 0. The first-order chi connectivity index (χ1) is 44.7. The molecule has 22 heterocycles. The van der Waals surface area contributed by atoms with E-state index in [4.69, 9.17) is 71.2 Å². The fourth-order valence-corrected chi connectivity index (χ4v) is 12.6. The van der Waals surface area contributed by atoms with Crippen molar-refractivity contribution in [3.05, 3.63) is 35.4 Å². The number of nitrogens with one attached hydrogen (secondary N) is 1. The number of carbonyl (C=O) groups is 1. The highest BCUT2D eigenvalue weighted by molar-refractivity contribution is 6.04. The first-order valence-electron chi connectivity index (χ1n) is 30.6. The van der Waals surface area contributed by atoms with E-state index in [1.54, 1.807) is 0 Å². The van der Waals surface area contributed by atoms with E-state index in [0.29, 0.717) is 11.3 Å². The van der Waals surface area contributed by atoms with E-state index in [9.17, 15) is 107 Å². The highest BCUT2D eigenvalue weighted by Gasteiger charge is 2.60. The minimum Gasteiger partial charge on any atom is -0.394 e. The van der Waals surface area contributed by atoms with Crippen molar-refractivity contribution in [2.24, 2.45) is 5.16 Å². The van der Waals surface area contributed by atoms with Gasteiger partial charge in [-0.2, -0.15) is 0 Å². The quantitative estimate of drug-likeness (QED) is 0.103. The summed E-state index contributed by atoms with van der Waals surface area (Å²) in [6.45, 7) is -1.03. The van der Waals surface area contributed by atoms with Crippen LogP contribution < -0.4 is 5.32 Å². The Morgan fingerprint density at radius 2 is 0.606 bits per heavy atom. The highest BCUT2D eigenvalue weighted by atomic mass is 16.8. The van der Waals surface area contributed by atoms with Gasteiger partial charge in [0.05, 0.1) is 45.4 Å². The van der Waals surface area contributed by atoms with E-state index in [1.807, 2.05) is 45.0 Å². The number of hydrogen-bond donors (Lipinski definition) is 21. The summed E-state index contributed by atoms with van der Waals surface area (Å²) in [6.07, 6.45) is -73.0. The average Bonchev–Trinajstić information content (AvgIpc) is 1.06. The number of amides is 1. The molecule has 0 aliphatic carbocycles. The fourth-order valence-electron chi connectivity index (χ4n) is 12.6. The minimum atomic E-state index is -2.28. The van der Waals surface area contributed by atoms with Crippen LogP contribution in [0.25, 0.3) is 0 Å². The molecule has 21 fully saturated rings. The summed E-state index contributed by atoms with van der Waals surface area (Å²) in [5.74, 6) is -0.805. The highest BCUT2D eigenvalue weighted by Crippen LogP contribution is 2.39. The molecule has 536 valence electrons. The maximum absolute atomic E-state index is 13.9. The zero-order valence-corrected chi connectivity index (χ0v) is 50.7. The van der Waals surface area contributed by atoms with Gasteiger partial charge in [0, 0.05) is 13.0 Å². The van der Waals surface area contributed by atoms with Crippen LogP contribution in [0.4, 0.5) is 0 Å². The van der Waals surface area contributed by atoms with Crippen LogP contribution >= 0.6 is 0 Å². The summed E-state index contributed by atoms with van der Waals surface area (Å²) >= 11 is 0. The van der Waals surface area contributed by atoms with E-state index < -0.39 is 273 Å². The van der Waals surface area contributed by atoms with Crippen LogP contribution in [0.2, 0.25) is 0 Å². The van der Waals surface area contributed by atoms with Gasteiger partial charge in [-0.25, -0.2) is 0 Å². The molecule has 1 aromatic carbocycles. The van der Waals surface area contributed by atoms with Gasteiger partial charge in [-0.1, -0.05) is 50.2 Å². The number of benzene rings is 1. The third-order valence-corrected chi connectivity index (χ3v) is 18.1. The lowest BCUT2D eigenvalue weighted by Gasteiger charge is -2.50. The molecule has 38 heteroatoms. The number of nitrogens with zero attached hydrogens (tertiary/aromatic N) is 1. The third-order valence-electron chi connectivity index (χ3n) is 18.1. The zero-order chi connectivity index (χ0) is 68.1. The summed E-state index contributed by atoms with van der Waals surface area (Å²) in [5.41, 5.74) is 1.92. The van der Waals surface area contributed by atoms with Crippen molar-refractivity contribution in [2.75, 3.05) is 46.2 Å². The number of carbonyl (C=O) groups excluding carboxylic acids is 1. The Morgan fingerprint density at radius 1 is 0.372 bits per heavy atom. The van der Waals surface area contributed by atoms with E-state index >= 15 is 0 Å². The molecule has 14 bridgehead atoms. The van der Waals surface area contributed by atoms with Crippen LogP contribution in [0.5, 0.6) is 0 Å². The molecule has 1 aromatic rings. The van der Waals surface area contributed by atoms with Crippen LogP contribution in [-0.2, 0) is 81.4 Å². The first kappa shape index (κ1) is 73.5. The molecule has 21 saturated heterocycles. The third kappa shape index (κ3) is 14.8. The summed E-state index contributed by atoms with van der Waals surface area (Å²) in [4.78, 5) is 19.4. The monoisotopic (exact) mass is 1360 g/mol. The number of hydrogen-bond acceptors (Lipinski definition) is 37. The lowest BCUT2D eigenvalue weighted by molar-refractivity contribution is -0.396. The normalized spacial score (nSPS) is 49.1. The standard InChI is InChI=1S/C56H86N2O36/c1-56(2,3)17-6-4-16(5-7-17)18-8-19(94-58-18)48(79)57-9-20-41-27(65)34(72)49(80-20)88-42-21(10-59)82-51(36(74)29(42)67)90-44-23(12-61)84-53(38(76)31(44)69)92-46-25(14-63)86-55(40(78)33(46)71)93-47-26(15-64)85-54(39(77)32(47)70)91-45-24(13-62)83-52(37(75)30(45)68)89-43-22(11-60)81-50(87-41)35(73)28(43)66/h4-7,19-47,49-55,59-78H,8-15H2,1-3H3,(H,57,79)/t19?,20-,21-,22-,23-,24-,25-,26-,27-,28-,29-,30-,31-,32-,33-,34-,35-,36-,37-,38-,39-,40-,41-,42-,43-,44-,45-,46-,47-,49-,50-,51-,52-,53-,54-,55-/m1/s1. The Kier molecular flexibility index (Phi) is 24.0. The fraction of sp³-hybridized carbons (Fsp3) is 0.857. The van der Waals surface area contributed by atoms with Gasteiger partial charge in [-0.3, -0.25) is 4.79 Å². The number of oxime groups is 1. The van der Waals surface area contributed by atoms with Crippen LogP contribution in [0.3, 0.4) is 0 Å². The van der Waals surface area contributed by atoms with Gasteiger partial charge in [0.25, 0.3) is 5.91 Å². The van der Waals surface area contributed by atoms with Gasteiger partial charge in [0.2, 0.25) is 6.10 Å². The molecule has 1 amide bonds. The predicted octanol–water partition coefficient (Wildman–Crippen LogP) is -12.6. The van der Waals surface area contributed by atoms with Crippen LogP contribution in [0.1, 0.15) is 38.3 Å². The SMILES string of the molecule is CC(C)(C)c1ccc(C2=NOC(C(=O)NC[C@H]3O[C@@H]4O[C@H]5[C@H](O)[C@@H](O)[C@@H](O[C@H]6[C@H](O)[C@@H](O)[C@@H](O[C@H]7[C@H](O)[C@@H](O)[C@@H](O[C@H]8[C@H](O)[C@@H](O)[C@@H](O[C@H]9[C@H](O)[C@@H](O)[C@@H](O[C@H]%10[C@H](O)[C@@H](O)[C@@H](O[C@H]3[C@H](O)[C@H]4O)O[C@@H]%10CO)O[C@@H]9CO)O[C@@H]8CO)O[C@@H]7CO)O[C@@H]6CO)O[C@@H]5CO)C2)cc1. The lowest BCUT2D eigenvalue weighted by atomic mass is 9.86. The number of ether oxygens (including phenoxy) is 14. The molecule has 94 heavy (non-hydrogen) atoms. The molecule has 0 aromatic heterocycles. The maximum atomic E-state index is 13.9. The van der Waals surface area contributed by atoms with E-state index in [2.05, 4.69) is 10.5 Å². The molecule has 38 nitrogen and oxygen atoms in total. The van der Waals surface area contributed by atoms with Crippen molar-refractivity contribution in [3.8, 4) is 0 Å². The van der Waals surface area contributed by atoms with E-state index in [1.165, 1.54) is 0 Å². The predicted molar refractivity (Wildman–Crippen MR) is 296 cm³/mol. The Bertz CT molecular complexity index is 2620. The molecule has 22 aliphatic heterocycles. The van der Waals surface area contributed by atoms with Gasteiger partial charge in [-0.15, -0.1) is 0 Å². The maximum Gasteiger partial charge on any atom is 0.264 e. The van der Waals surface area contributed by atoms with Crippen molar-refractivity contribution >= 4 is 11.6 Å². The van der Waals surface area contributed by atoms with Gasteiger partial charge < -0.3 is 179 Å². The van der Waals surface area contributed by atoms with Gasteiger partial charge in [0.1, 0.15) is 171 Å². The van der Waals surface area contributed by atoms with E-state index in [-0.39, 0.29) is 11.8 Å². The molecular formula is C56H86N2O36. The number of rotatable bonds is 10. The second kappa shape index (κ2) is 30.7. The van der Waals surface area contributed by atoms with Crippen molar-refractivity contribution in [1.82, 2.24) is 5.32 Å². The second-order valence-corrected chi connectivity index (χ2v) is 25.4. The Labute approximate surface area is 534 Å². The van der Waals surface area contributed by atoms with Crippen molar-refractivity contribution in [2.45, 2.75) is 254 Å². The van der Waals surface area contributed by atoms with Crippen LogP contribution in [0, 0.1) is 0 Å². The van der Waals surface area contributed by atoms with Crippen molar-refractivity contribution in [1.29, 1.82) is 0 Å². The Hall–Kier alpha value is -3.20. The first-order valence-corrected chi connectivity index (χ1v) is 30.6. The molecule has 36 atom stereocenters. The van der Waals surface area contributed by atoms with Crippen LogP contribution in [0.15, 0.2) is 29.4 Å².